The fraction of sp³-hybridized carbons (Fsp3) is 0.727. The average Bonchev–Trinajstić information content (AvgIpc) is 2.81. The minimum Gasteiger partial charge on any atom is -0.440 e. The van der Waals surface area contributed by atoms with Gasteiger partial charge in [0.05, 0.1) is 0 Å². The fourth-order valence-electron chi connectivity index (χ4n) is 2.25. The Labute approximate surface area is 113 Å². The minimum absolute atomic E-state index is 0.0327. The van der Waals surface area contributed by atoms with E-state index < -0.39 is 18.9 Å². The van der Waals surface area contributed by atoms with Crippen molar-refractivity contribution in [3.63, 3.8) is 0 Å². The van der Waals surface area contributed by atoms with Crippen molar-refractivity contribution >= 4 is 6.09 Å². The predicted octanol–water partition coefficient (Wildman–Crippen LogP) is 1.69. The van der Waals surface area contributed by atoms with Crippen LogP contribution in [0.4, 0.5) is 18.0 Å². The van der Waals surface area contributed by atoms with Gasteiger partial charge in [-0.1, -0.05) is 0 Å². The van der Waals surface area contributed by atoms with Crippen LogP contribution in [0.15, 0.2) is 6.33 Å². The van der Waals surface area contributed by atoms with E-state index in [0.717, 1.165) is 12.2 Å². The highest BCUT2D eigenvalue weighted by Crippen LogP contribution is 2.25. The smallest absolute Gasteiger partial charge is 0.422 e. The maximum atomic E-state index is 12.0. The number of nitrogens with zero attached hydrogens (tertiary/aromatic N) is 4. The zero-order valence-corrected chi connectivity index (χ0v) is 10.9. The molecule has 0 aliphatic carbocycles. The number of hydrogen-bond acceptors (Lipinski definition) is 4. The molecule has 1 saturated heterocycles. The van der Waals surface area contributed by atoms with Crippen molar-refractivity contribution in [2.24, 2.45) is 7.05 Å². The number of halogens is 3. The van der Waals surface area contributed by atoms with Gasteiger partial charge in [0.15, 0.2) is 6.61 Å². The van der Waals surface area contributed by atoms with Crippen LogP contribution in [0.3, 0.4) is 0 Å². The van der Waals surface area contributed by atoms with E-state index in [1.54, 1.807) is 17.9 Å². The molecule has 0 radical (unpaired) electrons. The molecule has 1 fully saturated rings. The molecule has 2 heterocycles. The minimum atomic E-state index is -4.51. The number of aromatic nitrogens is 3. The second-order valence-corrected chi connectivity index (χ2v) is 4.75. The predicted molar refractivity (Wildman–Crippen MR) is 62.0 cm³/mol. The summed E-state index contributed by atoms with van der Waals surface area (Å²) in [7, 11) is 1.79. The van der Waals surface area contributed by atoms with E-state index in [0.29, 0.717) is 19.5 Å². The molecular formula is C11H15F3N4O2. The Morgan fingerprint density at radius 1 is 1.55 bits per heavy atom. The van der Waals surface area contributed by atoms with Gasteiger partial charge in [-0.15, -0.1) is 10.2 Å². The highest BCUT2D eigenvalue weighted by Gasteiger charge is 2.33. The maximum Gasteiger partial charge on any atom is 0.422 e. The third kappa shape index (κ3) is 3.61. The maximum absolute atomic E-state index is 12.0. The molecule has 6 nitrogen and oxygen atoms in total. The molecule has 2 rings (SSSR count). The Bertz CT molecular complexity index is 474. The van der Waals surface area contributed by atoms with Crippen LogP contribution >= 0.6 is 0 Å². The van der Waals surface area contributed by atoms with E-state index in [1.165, 1.54) is 4.90 Å². The fourth-order valence-corrected chi connectivity index (χ4v) is 2.25. The zero-order chi connectivity index (χ0) is 14.8. The number of carbonyl (C=O) groups excluding carboxylic acids is 1. The van der Waals surface area contributed by atoms with Crippen molar-refractivity contribution in [2.75, 3.05) is 19.7 Å². The van der Waals surface area contributed by atoms with E-state index in [1.807, 2.05) is 0 Å². The lowest BCUT2D eigenvalue weighted by atomic mass is 9.97. The Morgan fingerprint density at radius 3 is 2.90 bits per heavy atom. The van der Waals surface area contributed by atoms with Crippen LogP contribution in [-0.2, 0) is 11.8 Å². The number of rotatable bonds is 2. The largest absolute Gasteiger partial charge is 0.440 e. The molecule has 0 N–H and O–H groups in total. The molecule has 1 aliphatic rings. The van der Waals surface area contributed by atoms with E-state index in [4.69, 9.17) is 0 Å². The van der Waals surface area contributed by atoms with E-state index in [2.05, 4.69) is 14.9 Å². The number of ether oxygens (including phenoxy) is 1. The van der Waals surface area contributed by atoms with E-state index in [9.17, 15) is 18.0 Å². The lowest BCUT2D eigenvalue weighted by molar-refractivity contribution is -0.162. The lowest BCUT2D eigenvalue weighted by Crippen LogP contribution is -2.41. The second kappa shape index (κ2) is 5.68. The molecule has 0 saturated carbocycles. The zero-order valence-electron chi connectivity index (χ0n) is 10.9. The Hall–Kier alpha value is -1.80. The van der Waals surface area contributed by atoms with Gasteiger partial charge in [0.1, 0.15) is 12.2 Å². The Balaban J connectivity index is 1.93. The van der Waals surface area contributed by atoms with Gasteiger partial charge in [0.2, 0.25) is 0 Å². The van der Waals surface area contributed by atoms with E-state index in [-0.39, 0.29) is 5.92 Å². The van der Waals surface area contributed by atoms with Crippen LogP contribution < -0.4 is 0 Å². The number of likely N-dealkylation sites (tertiary alicyclic amines) is 1. The van der Waals surface area contributed by atoms with Crippen molar-refractivity contribution in [2.45, 2.75) is 24.9 Å². The summed E-state index contributed by atoms with van der Waals surface area (Å²) in [6.45, 7) is -0.870. The first kappa shape index (κ1) is 14.6. The van der Waals surface area contributed by atoms with Crippen LogP contribution in [0.5, 0.6) is 0 Å². The first-order valence-electron chi connectivity index (χ1n) is 6.19. The number of piperidine rings is 1. The number of aryl methyl sites for hydroxylation is 1. The van der Waals surface area contributed by atoms with Gasteiger partial charge in [-0.05, 0) is 12.8 Å². The molecule has 1 atom stereocenters. The normalized spacial score (nSPS) is 20.0. The molecule has 1 amide bonds. The lowest BCUT2D eigenvalue weighted by Gasteiger charge is -2.31. The molecule has 112 valence electrons. The molecule has 0 spiro atoms. The summed E-state index contributed by atoms with van der Waals surface area (Å²) in [6.07, 6.45) is -2.38. The van der Waals surface area contributed by atoms with Gasteiger partial charge in [-0.2, -0.15) is 13.2 Å². The van der Waals surface area contributed by atoms with Crippen LogP contribution in [0.2, 0.25) is 0 Å². The summed E-state index contributed by atoms with van der Waals surface area (Å²) in [5, 5.41) is 7.74. The van der Waals surface area contributed by atoms with Crippen molar-refractivity contribution in [1.82, 2.24) is 19.7 Å². The Kier molecular flexibility index (Phi) is 4.15. The highest BCUT2D eigenvalue weighted by atomic mass is 19.4. The molecule has 1 aliphatic heterocycles. The number of alkyl halides is 3. The van der Waals surface area contributed by atoms with E-state index >= 15 is 0 Å². The van der Waals surface area contributed by atoms with Gasteiger partial charge < -0.3 is 14.2 Å². The first-order valence-corrected chi connectivity index (χ1v) is 6.19. The molecule has 1 aromatic heterocycles. The van der Waals surface area contributed by atoms with Crippen molar-refractivity contribution in [3.8, 4) is 0 Å². The van der Waals surface area contributed by atoms with Gasteiger partial charge in [0.25, 0.3) is 0 Å². The highest BCUT2D eigenvalue weighted by molar-refractivity contribution is 5.67. The summed E-state index contributed by atoms with van der Waals surface area (Å²) in [5.41, 5.74) is 0. The van der Waals surface area contributed by atoms with Crippen LogP contribution in [0.25, 0.3) is 0 Å². The second-order valence-electron chi connectivity index (χ2n) is 4.75. The van der Waals surface area contributed by atoms with Crippen molar-refractivity contribution in [3.05, 3.63) is 12.2 Å². The van der Waals surface area contributed by atoms with Gasteiger partial charge >= 0.3 is 12.3 Å². The standard InChI is InChI=1S/C11H15F3N4O2/c1-17-7-15-16-9(17)8-3-2-4-18(5-8)10(19)20-6-11(12,13)14/h7-8H,2-6H2,1H3. The quantitative estimate of drug-likeness (QED) is 0.832. The van der Waals surface area contributed by atoms with Crippen molar-refractivity contribution < 1.29 is 22.7 Å². The topological polar surface area (TPSA) is 60.2 Å². The van der Waals surface area contributed by atoms with Gasteiger partial charge in [-0.25, -0.2) is 4.79 Å². The molecule has 0 aromatic carbocycles. The van der Waals surface area contributed by atoms with Crippen LogP contribution in [0, 0.1) is 0 Å². The number of hydrogen-bond donors (Lipinski definition) is 0. The molecule has 20 heavy (non-hydrogen) atoms. The summed E-state index contributed by atoms with van der Waals surface area (Å²) in [6, 6.07) is 0. The van der Waals surface area contributed by atoms with Gasteiger partial charge in [-0.3, -0.25) is 0 Å². The van der Waals surface area contributed by atoms with Crippen LogP contribution in [-0.4, -0.2) is 51.6 Å². The summed E-state index contributed by atoms with van der Waals surface area (Å²) in [5.74, 6) is 0.688. The Morgan fingerprint density at radius 2 is 2.30 bits per heavy atom. The third-order valence-electron chi connectivity index (χ3n) is 3.15. The molecule has 1 aromatic rings. The average molecular weight is 292 g/mol. The third-order valence-corrected chi connectivity index (χ3v) is 3.15. The summed E-state index contributed by atoms with van der Waals surface area (Å²) >= 11 is 0. The van der Waals surface area contributed by atoms with Crippen molar-refractivity contribution in [1.29, 1.82) is 0 Å². The monoisotopic (exact) mass is 292 g/mol. The molecule has 0 bridgehead atoms. The first-order chi connectivity index (χ1) is 9.37. The number of carbonyl (C=O) groups is 1. The molecule has 1 unspecified atom stereocenters. The summed E-state index contributed by atoms with van der Waals surface area (Å²) < 4.78 is 42.1. The van der Waals surface area contributed by atoms with Crippen LogP contribution in [0.1, 0.15) is 24.6 Å². The number of amides is 1. The molecular weight excluding hydrogens is 277 g/mol. The SMILES string of the molecule is Cn1cnnc1C1CCCN(C(=O)OCC(F)(F)F)C1. The summed E-state index contributed by atoms with van der Waals surface area (Å²) in [4.78, 5) is 12.9. The van der Waals surface area contributed by atoms with Gasteiger partial charge in [0, 0.05) is 26.1 Å². The molecule has 9 heteroatoms.